The SMILES string of the molecule is CCOc1c(Cl)cc(C(=O)N(C)CCCOc2cccc(S(C)(=O)=O)c2)cc1OC. The molecule has 0 fully saturated rings. The van der Waals surface area contributed by atoms with Gasteiger partial charge < -0.3 is 19.1 Å². The van der Waals surface area contributed by atoms with Crippen LogP contribution >= 0.6 is 11.6 Å². The maximum atomic E-state index is 12.7. The number of benzene rings is 2. The third-order valence-electron chi connectivity index (χ3n) is 4.25. The number of methoxy groups -OCH3 is 1. The van der Waals surface area contributed by atoms with Crippen molar-refractivity contribution in [1.82, 2.24) is 4.90 Å². The first-order valence-corrected chi connectivity index (χ1v) is 11.6. The van der Waals surface area contributed by atoms with E-state index in [-0.39, 0.29) is 10.8 Å². The monoisotopic (exact) mass is 455 g/mol. The third kappa shape index (κ3) is 6.27. The maximum Gasteiger partial charge on any atom is 0.253 e. The highest BCUT2D eigenvalue weighted by Gasteiger charge is 2.18. The standard InChI is InChI=1S/C21H26ClNO6S/c1-5-28-20-18(22)12-15(13-19(20)27-3)21(24)23(2)10-7-11-29-16-8-6-9-17(14-16)30(4,25)26/h6,8-9,12-14H,5,7,10-11H2,1-4H3. The van der Waals surface area contributed by atoms with Gasteiger partial charge in [0.05, 0.1) is 30.2 Å². The number of carbonyl (C=O) groups is 1. The molecule has 164 valence electrons. The molecule has 1 amide bonds. The van der Waals surface area contributed by atoms with Gasteiger partial charge in [-0.3, -0.25) is 4.79 Å². The largest absolute Gasteiger partial charge is 0.493 e. The zero-order valence-corrected chi connectivity index (χ0v) is 19.0. The number of rotatable bonds is 10. The predicted molar refractivity (Wildman–Crippen MR) is 116 cm³/mol. The molecule has 0 N–H and O–H groups in total. The van der Waals surface area contributed by atoms with Crippen LogP contribution in [0.3, 0.4) is 0 Å². The molecule has 0 aliphatic rings. The maximum absolute atomic E-state index is 12.7. The molecule has 0 spiro atoms. The number of sulfone groups is 1. The van der Waals surface area contributed by atoms with Crippen molar-refractivity contribution in [2.45, 2.75) is 18.2 Å². The highest BCUT2D eigenvalue weighted by atomic mass is 35.5. The zero-order valence-electron chi connectivity index (χ0n) is 17.5. The van der Waals surface area contributed by atoms with Gasteiger partial charge in [0.1, 0.15) is 5.75 Å². The first-order chi connectivity index (χ1) is 14.2. The molecule has 0 aromatic heterocycles. The molecule has 2 rings (SSSR count). The lowest BCUT2D eigenvalue weighted by Gasteiger charge is -2.19. The summed E-state index contributed by atoms with van der Waals surface area (Å²) in [4.78, 5) is 14.5. The normalized spacial score (nSPS) is 11.1. The summed E-state index contributed by atoms with van der Waals surface area (Å²) in [5.74, 6) is 1.06. The number of hydrogen-bond donors (Lipinski definition) is 0. The van der Waals surface area contributed by atoms with Gasteiger partial charge in [0.25, 0.3) is 5.91 Å². The van der Waals surface area contributed by atoms with Crippen LogP contribution in [0.5, 0.6) is 17.2 Å². The lowest BCUT2D eigenvalue weighted by atomic mass is 10.1. The van der Waals surface area contributed by atoms with Crippen molar-refractivity contribution in [3.8, 4) is 17.2 Å². The molecule has 30 heavy (non-hydrogen) atoms. The van der Waals surface area contributed by atoms with Crippen LogP contribution in [0, 0.1) is 0 Å². The molecule has 0 aliphatic carbocycles. The fourth-order valence-electron chi connectivity index (χ4n) is 2.74. The van der Waals surface area contributed by atoms with Crippen molar-refractivity contribution >= 4 is 27.3 Å². The molecular weight excluding hydrogens is 430 g/mol. The van der Waals surface area contributed by atoms with E-state index in [0.717, 1.165) is 6.26 Å². The summed E-state index contributed by atoms with van der Waals surface area (Å²) in [6.07, 6.45) is 1.71. The van der Waals surface area contributed by atoms with E-state index in [1.54, 1.807) is 36.2 Å². The summed E-state index contributed by atoms with van der Waals surface area (Å²) < 4.78 is 39.6. The first-order valence-electron chi connectivity index (χ1n) is 9.36. The summed E-state index contributed by atoms with van der Waals surface area (Å²) in [5.41, 5.74) is 0.393. The van der Waals surface area contributed by atoms with Gasteiger partial charge in [-0.25, -0.2) is 8.42 Å². The van der Waals surface area contributed by atoms with Crippen molar-refractivity contribution in [3.05, 3.63) is 47.0 Å². The molecule has 0 saturated carbocycles. The minimum atomic E-state index is -3.29. The third-order valence-corrected chi connectivity index (χ3v) is 5.64. The van der Waals surface area contributed by atoms with Crippen molar-refractivity contribution < 1.29 is 27.4 Å². The van der Waals surface area contributed by atoms with Gasteiger partial charge in [0, 0.05) is 25.4 Å². The van der Waals surface area contributed by atoms with Gasteiger partial charge >= 0.3 is 0 Å². The minimum absolute atomic E-state index is 0.202. The number of carbonyl (C=O) groups excluding carboxylic acids is 1. The summed E-state index contributed by atoms with van der Waals surface area (Å²) in [6.45, 7) is 3.04. The van der Waals surface area contributed by atoms with Gasteiger partial charge in [-0.05, 0) is 43.7 Å². The molecule has 0 aliphatic heterocycles. The Bertz CT molecular complexity index is 993. The molecule has 2 aromatic rings. The van der Waals surface area contributed by atoms with Crippen LogP contribution in [0.4, 0.5) is 0 Å². The molecule has 0 radical (unpaired) electrons. The van der Waals surface area contributed by atoms with Crippen LogP contribution in [-0.2, 0) is 9.84 Å². The highest BCUT2D eigenvalue weighted by molar-refractivity contribution is 7.90. The second-order valence-electron chi connectivity index (χ2n) is 6.60. The minimum Gasteiger partial charge on any atom is -0.493 e. The quantitative estimate of drug-likeness (QED) is 0.508. The Hall–Kier alpha value is -2.45. The summed E-state index contributed by atoms with van der Waals surface area (Å²) in [6, 6.07) is 9.48. The van der Waals surface area contributed by atoms with E-state index in [4.69, 9.17) is 25.8 Å². The van der Waals surface area contributed by atoms with Gasteiger partial charge in [0.2, 0.25) is 0 Å². The summed E-state index contributed by atoms with van der Waals surface area (Å²) in [7, 11) is -0.118. The highest BCUT2D eigenvalue weighted by Crippen LogP contribution is 2.36. The van der Waals surface area contributed by atoms with Crippen molar-refractivity contribution in [2.75, 3.05) is 40.2 Å². The van der Waals surface area contributed by atoms with E-state index in [1.807, 2.05) is 6.92 Å². The van der Waals surface area contributed by atoms with Crippen LogP contribution in [0.1, 0.15) is 23.7 Å². The van der Waals surface area contributed by atoms with E-state index in [0.29, 0.717) is 54.0 Å². The second-order valence-corrected chi connectivity index (χ2v) is 9.02. The van der Waals surface area contributed by atoms with Crippen LogP contribution in [0.25, 0.3) is 0 Å². The average Bonchev–Trinajstić information content (AvgIpc) is 2.71. The lowest BCUT2D eigenvalue weighted by Crippen LogP contribution is -2.28. The van der Waals surface area contributed by atoms with E-state index in [9.17, 15) is 13.2 Å². The molecule has 0 heterocycles. The fourth-order valence-corrected chi connectivity index (χ4v) is 3.66. The summed E-state index contributed by atoms with van der Waals surface area (Å²) >= 11 is 6.24. The number of amides is 1. The topological polar surface area (TPSA) is 82.1 Å². The van der Waals surface area contributed by atoms with Crippen LogP contribution in [0.15, 0.2) is 41.3 Å². The Morgan fingerprint density at radius 3 is 2.53 bits per heavy atom. The van der Waals surface area contributed by atoms with Crippen LogP contribution in [0.2, 0.25) is 5.02 Å². The van der Waals surface area contributed by atoms with Crippen LogP contribution < -0.4 is 14.2 Å². The molecule has 0 saturated heterocycles. The van der Waals surface area contributed by atoms with Gasteiger partial charge in [-0.2, -0.15) is 0 Å². The molecule has 0 unspecified atom stereocenters. The Kier molecular flexibility index (Phi) is 8.37. The average molecular weight is 456 g/mol. The molecule has 7 nitrogen and oxygen atoms in total. The molecular formula is C21H26ClNO6S. The Labute approximate surface area is 182 Å². The lowest BCUT2D eigenvalue weighted by molar-refractivity contribution is 0.0787. The van der Waals surface area contributed by atoms with Crippen molar-refractivity contribution in [3.63, 3.8) is 0 Å². The Morgan fingerprint density at radius 1 is 1.17 bits per heavy atom. The molecule has 2 aromatic carbocycles. The van der Waals surface area contributed by atoms with Crippen molar-refractivity contribution in [1.29, 1.82) is 0 Å². The van der Waals surface area contributed by atoms with E-state index >= 15 is 0 Å². The van der Waals surface area contributed by atoms with Crippen molar-refractivity contribution in [2.24, 2.45) is 0 Å². The number of ether oxygens (including phenoxy) is 3. The van der Waals surface area contributed by atoms with Gasteiger partial charge in [0.15, 0.2) is 21.3 Å². The van der Waals surface area contributed by atoms with Gasteiger partial charge in [-0.15, -0.1) is 0 Å². The Balaban J connectivity index is 1.95. The Morgan fingerprint density at radius 2 is 1.90 bits per heavy atom. The van der Waals surface area contributed by atoms with Gasteiger partial charge in [-0.1, -0.05) is 17.7 Å². The number of hydrogen-bond acceptors (Lipinski definition) is 6. The summed E-state index contributed by atoms with van der Waals surface area (Å²) in [5, 5.41) is 0.307. The second kappa shape index (κ2) is 10.5. The van der Waals surface area contributed by atoms with Crippen LogP contribution in [-0.4, -0.2) is 59.4 Å². The predicted octanol–water partition coefficient (Wildman–Crippen LogP) is 3.69. The first kappa shape index (κ1) is 23.8. The number of halogens is 1. The zero-order chi connectivity index (χ0) is 22.3. The molecule has 0 bridgehead atoms. The van der Waals surface area contributed by atoms with E-state index in [2.05, 4.69) is 0 Å². The van der Waals surface area contributed by atoms with E-state index in [1.165, 1.54) is 19.2 Å². The molecule has 0 atom stereocenters. The fraction of sp³-hybridized carbons (Fsp3) is 0.381. The smallest absolute Gasteiger partial charge is 0.253 e. The van der Waals surface area contributed by atoms with E-state index < -0.39 is 9.84 Å². The number of nitrogens with zero attached hydrogens (tertiary/aromatic N) is 1. The molecule has 9 heteroatoms.